The van der Waals surface area contributed by atoms with Crippen molar-refractivity contribution in [3.8, 4) is 5.75 Å². The highest BCUT2D eigenvalue weighted by molar-refractivity contribution is 7.90. The van der Waals surface area contributed by atoms with E-state index < -0.39 is 21.5 Å². The van der Waals surface area contributed by atoms with Crippen LogP contribution in [-0.4, -0.2) is 30.9 Å². The molecule has 0 bridgehead atoms. The van der Waals surface area contributed by atoms with Gasteiger partial charge in [0, 0.05) is 12.3 Å². The van der Waals surface area contributed by atoms with Crippen LogP contribution in [0.2, 0.25) is 0 Å². The number of aromatic hydroxyl groups is 1. The van der Waals surface area contributed by atoms with E-state index in [0.717, 1.165) is 6.26 Å². The van der Waals surface area contributed by atoms with Gasteiger partial charge in [-0.15, -0.1) is 0 Å². The summed E-state index contributed by atoms with van der Waals surface area (Å²) >= 11 is 0. The molecule has 0 saturated heterocycles. The number of phenols is 1. The van der Waals surface area contributed by atoms with Gasteiger partial charge in [-0.1, -0.05) is 6.07 Å². The van der Waals surface area contributed by atoms with Gasteiger partial charge in [0.1, 0.15) is 16.2 Å². The first-order chi connectivity index (χ1) is 8.15. The van der Waals surface area contributed by atoms with Gasteiger partial charge in [-0.2, -0.15) is 0 Å². The van der Waals surface area contributed by atoms with Gasteiger partial charge >= 0.3 is 0 Å². The molecule has 0 saturated carbocycles. The Morgan fingerprint density at radius 3 is 2.61 bits per heavy atom. The van der Waals surface area contributed by atoms with Crippen LogP contribution >= 0.6 is 0 Å². The molecule has 1 aromatic rings. The predicted molar refractivity (Wildman–Crippen MR) is 67.1 cm³/mol. The molecule has 1 aromatic carbocycles. The lowest BCUT2D eigenvalue weighted by Gasteiger charge is -2.37. The Labute approximate surface area is 106 Å². The van der Waals surface area contributed by atoms with Crippen LogP contribution in [0.3, 0.4) is 0 Å². The lowest BCUT2D eigenvalue weighted by Crippen LogP contribution is -2.47. The molecule has 0 spiro atoms. The van der Waals surface area contributed by atoms with Crippen molar-refractivity contribution < 1.29 is 18.6 Å². The molecule has 0 amide bonds. The van der Waals surface area contributed by atoms with Crippen molar-refractivity contribution in [1.82, 2.24) is 0 Å². The number of hydrogen-bond acceptors (Lipinski definition) is 5. The number of nitrogens with two attached hydrogens (primary N) is 1. The average Bonchev–Trinajstić information content (AvgIpc) is 2.21. The largest absolute Gasteiger partial charge is 0.507 e. The van der Waals surface area contributed by atoms with E-state index in [2.05, 4.69) is 0 Å². The highest BCUT2D eigenvalue weighted by Gasteiger charge is 2.39. The molecule has 1 aliphatic rings. The Morgan fingerprint density at radius 1 is 1.44 bits per heavy atom. The first-order valence-electron chi connectivity index (χ1n) is 5.69. The summed E-state index contributed by atoms with van der Waals surface area (Å²) in [6.45, 7) is 1.57. The second-order valence-corrected chi connectivity index (χ2v) is 6.96. The average molecular weight is 271 g/mol. The van der Waals surface area contributed by atoms with Gasteiger partial charge in [0.2, 0.25) is 0 Å². The van der Waals surface area contributed by atoms with Crippen LogP contribution in [0.25, 0.3) is 0 Å². The van der Waals surface area contributed by atoms with Gasteiger partial charge in [-0.05, 0) is 37.0 Å². The monoisotopic (exact) mass is 271 g/mol. The predicted octanol–water partition coefficient (Wildman–Crippen LogP) is 0.277. The molecular weight excluding hydrogens is 254 g/mol. The maximum Gasteiger partial charge on any atom is 0.179 e. The molecule has 6 heteroatoms. The fourth-order valence-electron chi connectivity index (χ4n) is 2.53. The van der Waals surface area contributed by atoms with Crippen LogP contribution in [0.1, 0.15) is 24.5 Å². The summed E-state index contributed by atoms with van der Waals surface area (Å²) in [6, 6.07) is 2.39. The molecule has 0 radical (unpaired) electrons. The van der Waals surface area contributed by atoms with Crippen LogP contribution in [-0.2, 0) is 21.9 Å². The number of fused-ring (bicyclic) bond motifs is 1. The Balaban J connectivity index is 2.78. The maximum absolute atomic E-state index is 11.7. The second-order valence-electron chi connectivity index (χ2n) is 5.00. The molecule has 0 aromatic heterocycles. The number of phenolic OH excluding ortho intramolecular Hbond substituents is 1. The summed E-state index contributed by atoms with van der Waals surface area (Å²) in [5.41, 5.74) is 5.55. The molecule has 5 nitrogen and oxygen atoms in total. The lowest BCUT2D eigenvalue weighted by molar-refractivity contribution is 0.0183. The molecule has 18 heavy (non-hydrogen) atoms. The van der Waals surface area contributed by atoms with Crippen molar-refractivity contribution in [3.63, 3.8) is 0 Å². The SMILES string of the molecule is CC1(O)c2ccc(O)c(S(C)(=O)=O)c2CCC1N. The number of sulfone groups is 1. The number of hydrogen-bond donors (Lipinski definition) is 3. The third-order valence-corrected chi connectivity index (χ3v) is 4.78. The zero-order valence-electron chi connectivity index (χ0n) is 10.3. The summed E-state index contributed by atoms with van der Waals surface area (Å²) < 4.78 is 23.5. The molecular formula is C12H17NO4S. The first kappa shape index (κ1) is 13.3. The van der Waals surface area contributed by atoms with Crippen molar-refractivity contribution in [2.75, 3.05) is 6.26 Å². The smallest absolute Gasteiger partial charge is 0.179 e. The van der Waals surface area contributed by atoms with Crippen molar-refractivity contribution in [2.45, 2.75) is 36.3 Å². The van der Waals surface area contributed by atoms with E-state index in [-0.39, 0.29) is 10.6 Å². The molecule has 2 unspecified atom stereocenters. The third kappa shape index (κ3) is 1.90. The van der Waals surface area contributed by atoms with E-state index in [9.17, 15) is 18.6 Å². The Bertz CT molecular complexity index is 592. The zero-order valence-corrected chi connectivity index (χ0v) is 11.2. The maximum atomic E-state index is 11.7. The van der Waals surface area contributed by atoms with E-state index in [1.54, 1.807) is 13.0 Å². The zero-order chi connectivity index (χ0) is 13.7. The topological polar surface area (TPSA) is 101 Å². The van der Waals surface area contributed by atoms with Crippen LogP contribution in [0.4, 0.5) is 0 Å². The molecule has 1 aliphatic carbocycles. The third-order valence-electron chi connectivity index (χ3n) is 3.58. The molecule has 0 heterocycles. The van der Waals surface area contributed by atoms with Crippen molar-refractivity contribution in [3.05, 3.63) is 23.3 Å². The summed E-state index contributed by atoms with van der Waals surface area (Å²) in [6.07, 6.45) is 1.96. The molecule has 0 fully saturated rings. The van der Waals surface area contributed by atoms with Gasteiger partial charge in [-0.25, -0.2) is 8.42 Å². The molecule has 2 rings (SSSR count). The highest BCUT2D eigenvalue weighted by atomic mass is 32.2. The second kappa shape index (κ2) is 3.94. The minimum absolute atomic E-state index is 0.0906. The van der Waals surface area contributed by atoms with Gasteiger partial charge in [0.25, 0.3) is 0 Å². The van der Waals surface area contributed by atoms with E-state index in [1.165, 1.54) is 6.07 Å². The number of aliphatic hydroxyl groups is 1. The summed E-state index contributed by atoms with van der Waals surface area (Å²) in [7, 11) is -3.54. The van der Waals surface area contributed by atoms with Crippen molar-refractivity contribution >= 4 is 9.84 Å². The molecule has 0 aliphatic heterocycles. The van der Waals surface area contributed by atoms with Crippen molar-refractivity contribution in [2.24, 2.45) is 5.73 Å². The highest BCUT2D eigenvalue weighted by Crippen LogP contribution is 2.40. The minimum atomic E-state index is -3.54. The fraction of sp³-hybridized carbons (Fsp3) is 0.500. The molecule has 100 valence electrons. The molecule has 2 atom stereocenters. The lowest BCUT2D eigenvalue weighted by atomic mass is 9.77. The van der Waals surface area contributed by atoms with Crippen LogP contribution in [0, 0.1) is 0 Å². The Kier molecular flexibility index (Phi) is 2.92. The molecule has 4 N–H and O–H groups in total. The van der Waals surface area contributed by atoms with E-state index in [0.29, 0.717) is 24.0 Å². The van der Waals surface area contributed by atoms with Gasteiger partial charge in [0.15, 0.2) is 9.84 Å². The van der Waals surface area contributed by atoms with E-state index in [1.807, 2.05) is 0 Å². The summed E-state index contributed by atoms with van der Waals surface area (Å²) in [5, 5.41) is 20.1. The van der Waals surface area contributed by atoms with Crippen molar-refractivity contribution in [1.29, 1.82) is 0 Å². The van der Waals surface area contributed by atoms with Crippen LogP contribution in [0.5, 0.6) is 5.75 Å². The van der Waals surface area contributed by atoms with Gasteiger partial charge < -0.3 is 15.9 Å². The Morgan fingerprint density at radius 2 is 2.06 bits per heavy atom. The summed E-state index contributed by atoms with van der Waals surface area (Å²) in [5.74, 6) is -0.275. The number of rotatable bonds is 1. The summed E-state index contributed by atoms with van der Waals surface area (Å²) in [4.78, 5) is -0.0906. The normalized spacial score (nSPS) is 27.9. The fourth-order valence-corrected chi connectivity index (χ4v) is 3.64. The van der Waals surface area contributed by atoms with Crippen LogP contribution < -0.4 is 5.73 Å². The van der Waals surface area contributed by atoms with Gasteiger partial charge in [-0.3, -0.25) is 0 Å². The first-order valence-corrected chi connectivity index (χ1v) is 7.58. The number of benzene rings is 1. The quantitative estimate of drug-likeness (QED) is 0.681. The minimum Gasteiger partial charge on any atom is -0.507 e. The van der Waals surface area contributed by atoms with E-state index >= 15 is 0 Å². The Hall–Kier alpha value is -1.11. The van der Waals surface area contributed by atoms with E-state index in [4.69, 9.17) is 5.73 Å². The van der Waals surface area contributed by atoms with Gasteiger partial charge in [0.05, 0.1) is 0 Å². The van der Waals surface area contributed by atoms with Crippen LogP contribution in [0.15, 0.2) is 17.0 Å². The standard InChI is InChI=1S/C12H17NO4S/c1-12(15)8-4-5-9(14)11(18(2,16)17)7(8)3-6-10(12)13/h4-5,10,14-15H,3,6,13H2,1-2H3.